The minimum Gasteiger partial charge on any atom is -0.364 e. The second kappa shape index (κ2) is 3.49. The zero-order valence-corrected chi connectivity index (χ0v) is 8.84. The molecular weight excluding hydrogens is 186 g/mol. The summed E-state index contributed by atoms with van der Waals surface area (Å²) in [5.74, 6) is 0.932. The molecule has 2 heterocycles. The van der Waals surface area contributed by atoms with E-state index in [2.05, 4.69) is 16.0 Å². The average molecular weight is 203 g/mol. The lowest BCUT2D eigenvalue weighted by Crippen LogP contribution is -2.34. The van der Waals surface area contributed by atoms with Crippen molar-refractivity contribution in [1.82, 2.24) is 4.98 Å². The van der Waals surface area contributed by atoms with Crippen LogP contribution in [-0.2, 0) is 0 Å². The normalized spacial score (nSPS) is 32.9. The van der Waals surface area contributed by atoms with Gasteiger partial charge in [-0.05, 0) is 43.9 Å². The first-order chi connectivity index (χ1) is 7.40. The number of hydrogen-bond donors (Lipinski definition) is 1. The lowest BCUT2D eigenvalue weighted by molar-refractivity contribution is 0.563. The Morgan fingerprint density at radius 3 is 3.13 bits per heavy atom. The Kier molecular flexibility index (Phi) is 2.13. The topological polar surface area (TPSA) is 42.1 Å². The highest BCUT2D eigenvalue weighted by Gasteiger charge is 2.51. The van der Waals surface area contributed by atoms with Crippen molar-refractivity contribution >= 4 is 5.69 Å². The summed E-state index contributed by atoms with van der Waals surface area (Å²) in [5, 5.41) is 0. The highest BCUT2D eigenvalue weighted by Crippen LogP contribution is 2.50. The van der Waals surface area contributed by atoms with Gasteiger partial charge in [-0.1, -0.05) is 0 Å². The van der Waals surface area contributed by atoms with Gasteiger partial charge in [0.25, 0.3) is 0 Å². The first-order valence-electron chi connectivity index (χ1n) is 5.78. The molecule has 80 valence electrons. The van der Waals surface area contributed by atoms with E-state index in [1.54, 1.807) is 0 Å². The predicted octanol–water partition coefficient (Wildman–Crippen LogP) is 1.40. The van der Waals surface area contributed by atoms with Gasteiger partial charge in [0, 0.05) is 18.3 Å². The molecule has 3 atom stereocenters. The fraction of sp³-hybridized carbons (Fsp3) is 0.583. The Morgan fingerprint density at radius 1 is 1.47 bits per heavy atom. The maximum atomic E-state index is 5.67. The first kappa shape index (κ1) is 9.16. The van der Waals surface area contributed by atoms with Gasteiger partial charge in [-0.15, -0.1) is 0 Å². The van der Waals surface area contributed by atoms with Crippen molar-refractivity contribution in [2.24, 2.45) is 11.7 Å². The van der Waals surface area contributed by atoms with Crippen LogP contribution in [0.5, 0.6) is 0 Å². The van der Waals surface area contributed by atoms with Gasteiger partial charge in [0.1, 0.15) is 0 Å². The molecule has 0 amide bonds. The highest BCUT2D eigenvalue weighted by molar-refractivity contribution is 5.50. The molecule has 0 bridgehead atoms. The molecule has 3 rings (SSSR count). The third kappa shape index (κ3) is 1.51. The molecule has 3 nitrogen and oxygen atoms in total. The maximum absolute atomic E-state index is 5.67. The molecule has 1 aliphatic heterocycles. The zero-order chi connectivity index (χ0) is 10.3. The standard InChI is InChI=1S/C12H17N3/c13-4-3-10-6-9-7-12(9)15(10)11-2-1-5-14-8-11/h1-2,5,8-10,12H,3-4,6-7,13H2. The van der Waals surface area contributed by atoms with Crippen LogP contribution in [0.4, 0.5) is 5.69 Å². The number of rotatable bonds is 3. The molecule has 2 aliphatic rings. The molecule has 0 radical (unpaired) electrons. The lowest BCUT2D eigenvalue weighted by Gasteiger charge is -2.29. The lowest BCUT2D eigenvalue weighted by atomic mass is 10.1. The van der Waals surface area contributed by atoms with Crippen LogP contribution in [0.15, 0.2) is 24.5 Å². The van der Waals surface area contributed by atoms with Crippen molar-refractivity contribution in [2.45, 2.75) is 31.3 Å². The third-order valence-corrected chi connectivity index (χ3v) is 3.65. The van der Waals surface area contributed by atoms with E-state index in [1.807, 2.05) is 18.5 Å². The molecular formula is C12H17N3. The molecule has 3 unspecified atom stereocenters. The Hall–Kier alpha value is -1.09. The summed E-state index contributed by atoms with van der Waals surface area (Å²) in [4.78, 5) is 6.75. The number of aromatic nitrogens is 1. The van der Waals surface area contributed by atoms with Crippen molar-refractivity contribution < 1.29 is 0 Å². The summed E-state index contributed by atoms with van der Waals surface area (Å²) in [6.45, 7) is 0.793. The van der Waals surface area contributed by atoms with Crippen molar-refractivity contribution in [2.75, 3.05) is 11.4 Å². The van der Waals surface area contributed by atoms with E-state index in [1.165, 1.54) is 18.5 Å². The fourth-order valence-corrected chi connectivity index (χ4v) is 2.92. The average Bonchev–Trinajstić information content (AvgIpc) is 2.92. The van der Waals surface area contributed by atoms with Crippen molar-refractivity contribution in [3.05, 3.63) is 24.5 Å². The summed E-state index contributed by atoms with van der Waals surface area (Å²) in [6.07, 6.45) is 7.63. The van der Waals surface area contributed by atoms with E-state index in [0.717, 1.165) is 24.9 Å². The van der Waals surface area contributed by atoms with Gasteiger partial charge in [0.2, 0.25) is 0 Å². The number of nitrogens with two attached hydrogens (primary N) is 1. The van der Waals surface area contributed by atoms with E-state index in [4.69, 9.17) is 5.73 Å². The fourth-order valence-electron chi connectivity index (χ4n) is 2.92. The Balaban J connectivity index is 1.83. The molecule has 1 aromatic heterocycles. The molecule has 1 aliphatic carbocycles. The van der Waals surface area contributed by atoms with E-state index in [9.17, 15) is 0 Å². The number of hydrogen-bond acceptors (Lipinski definition) is 3. The summed E-state index contributed by atoms with van der Waals surface area (Å²) in [7, 11) is 0. The van der Waals surface area contributed by atoms with E-state index >= 15 is 0 Å². The highest BCUT2D eigenvalue weighted by atomic mass is 15.3. The van der Waals surface area contributed by atoms with Crippen LogP contribution in [-0.4, -0.2) is 23.6 Å². The van der Waals surface area contributed by atoms with E-state index in [-0.39, 0.29) is 0 Å². The Morgan fingerprint density at radius 2 is 2.40 bits per heavy atom. The molecule has 1 saturated heterocycles. The number of pyridine rings is 1. The second-order valence-electron chi connectivity index (χ2n) is 4.65. The van der Waals surface area contributed by atoms with Gasteiger partial charge in [0.15, 0.2) is 0 Å². The van der Waals surface area contributed by atoms with Crippen LogP contribution >= 0.6 is 0 Å². The minimum absolute atomic E-state index is 0.656. The SMILES string of the molecule is NCCC1CC2CC2N1c1cccnc1. The number of anilines is 1. The van der Waals surface area contributed by atoms with Gasteiger partial charge < -0.3 is 10.6 Å². The van der Waals surface area contributed by atoms with Gasteiger partial charge in [-0.3, -0.25) is 4.98 Å². The van der Waals surface area contributed by atoms with E-state index in [0.29, 0.717) is 6.04 Å². The van der Waals surface area contributed by atoms with Crippen LogP contribution in [0.3, 0.4) is 0 Å². The van der Waals surface area contributed by atoms with Crippen LogP contribution in [0.1, 0.15) is 19.3 Å². The summed E-state index contributed by atoms with van der Waals surface area (Å²) < 4.78 is 0. The minimum atomic E-state index is 0.656. The number of nitrogens with zero attached hydrogens (tertiary/aromatic N) is 2. The summed E-state index contributed by atoms with van der Waals surface area (Å²) in [5.41, 5.74) is 6.95. The Bertz CT molecular complexity index is 338. The molecule has 0 spiro atoms. The van der Waals surface area contributed by atoms with Crippen LogP contribution in [0.2, 0.25) is 0 Å². The summed E-state index contributed by atoms with van der Waals surface area (Å²) in [6, 6.07) is 5.62. The van der Waals surface area contributed by atoms with Crippen molar-refractivity contribution in [3.63, 3.8) is 0 Å². The van der Waals surface area contributed by atoms with Crippen molar-refractivity contribution in [1.29, 1.82) is 0 Å². The summed E-state index contributed by atoms with van der Waals surface area (Å²) >= 11 is 0. The van der Waals surface area contributed by atoms with Gasteiger partial charge in [-0.25, -0.2) is 0 Å². The van der Waals surface area contributed by atoms with E-state index < -0.39 is 0 Å². The van der Waals surface area contributed by atoms with Crippen LogP contribution in [0, 0.1) is 5.92 Å². The Labute approximate surface area is 90.3 Å². The maximum Gasteiger partial charge on any atom is 0.0557 e. The van der Waals surface area contributed by atoms with Crippen molar-refractivity contribution in [3.8, 4) is 0 Å². The van der Waals surface area contributed by atoms with Gasteiger partial charge >= 0.3 is 0 Å². The number of fused-ring (bicyclic) bond motifs is 1. The molecule has 2 N–H and O–H groups in total. The van der Waals surface area contributed by atoms with Crippen LogP contribution in [0.25, 0.3) is 0 Å². The first-order valence-corrected chi connectivity index (χ1v) is 5.78. The second-order valence-corrected chi connectivity index (χ2v) is 4.65. The van der Waals surface area contributed by atoms with Gasteiger partial charge in [0.05, 0.1) is 11.9 Å². The molecule has 2 fully saturated rings. The van der Waals surface area contributed by atoms with Gasteiger partial charge in [-0.2, -0.15) is 0 Å². The smallest absolute Gasteiger partial charge is 0.0557 e. The number of piperidine rings is 1. The molecule has 1 aromatic rings. The largest absolute Gasteiger partial charge is 0.364 e. The monoisotopic (exact) mass is 203 g/mol. The quantitative estimate of drug-likeness (QED) is 0.807. The zero-order valence-electron chi connectivity index (χ0n) is 8.84. The van der Waals surface area contributed by atoms with Crippen LogP contribution < -0.4 is 10.6 Å². The predicted molar refractivity (Wildman–Crippen MR) is 60.7 cm³/mol. The molecule has 15 heavy (non-hydrogen) atoms. The third-order valence-electron chi connectivity index (χ3n) is 3.65. The molecule has 1 saturated carbocycles. The molecule has 3 heteroatoms. The molecule has 0 aromatic carbocycles.